The molecule has 1 aromatic carbocycles. The predicted molar refractivity (Wildman–Crippen MR) is 69.3 cm³/mol. The number of nitrogens with two attached hydrogens (primary N) is 1. The zero-order chi connectivity index (χ0) is 14.0. The van der Waals surface area contributed by atoms with Crippen molar-refractivity contribution in [2.45, 2.75) is 26.3 Å². The number of hydrogen-bond donors (Lipinski definition) is 1. The second-order valence-electron chi connectivity index (χ2n) is 4.55. The second kappa shape index (κ2) is 5.17. The van der Waals surface area contributed by atoms with Crippen LogP contribution in [0.5, 0.6) is 0 Å². The van der Waals surface area contributed by atoms with E-state index in [0.29, 0.717) is 5.82 Å². The Bertz CT molecular complexity index is 606. The van der Waals surface area contributed by atoms with E-state index in [1.54, 1.807) is 4.68 Å². The van der Waals surface area contributed by atoms with Crippen molar-refractivity contribution in [1.82, 2.24) is 14.8 Å². The van der Waals surface area contributed by atoms with Gasteiger partial charge in [0.15, 0.2) is 5.78 Å². The molecule has 0 radical (unpaired) electrons. The predicted octanol–water partition coefficient (Wildman–Crippen LogP) is 2.01. The highest BCUT2D eigenvalue weighted by molar-refractivity contribution is 6.01. The molecule has 0 amide bonds. The maximum absolute atomic E-state index is 13.2. The largest absolute Gasteiger partial charge is 0.398 e. The second-order valence-corrected chi connectivity index (χ2v) is 4.55. The van der Waals surface area contributed by atoms with Crippen LogP contribution in [0.1, 0.15) is 36.1 Å². The molecule has 100 valence electrons. The van der Waals surface area contributed by atoms with Gasteiger partial charge >= 0.3 is 0 Å². The Hall–Kier alpha value is -2.24. The molecule has 0 unspecified atom stereocenters. The Labute approximate surface area is 110 Å². The number of halogens is 1. The molecular weight excluding hydrogens is 247 g/mol. The summed E-state index contributed by atoms with van der Waals surface area (Å²) in [4.78, 5) is 16.2. The maximum atomic E-state index is 13.2. The van der Waals surface area contributed by atoms with E-state index in [9.17, 15) is 9.18 Å². The fourth-order valence-corrected chi connectivity index (χ4v) is 1.84. The van der Waals surface area contributed by atoms with Crippen LogP contribution in [0.2, 0.25) is 0 Å². The number of ketones is 1. The summed E-state index contributed by atoms with van der Waals surface area (Å²) < 4.78 is 14.8. The summed E-state index contributed by atoms with van der Waals surface area (Å²) in [6, 6.07) is 3.86. The van der Waals surface area contributed by atoms with Gasteiger partial charge in [0.05, 0.1) is 6.42 Å². The first-order valence-electron chi connectivity index (χ1n) is 5.95. The monoisotopic (exact) mass is 262 g/mol. The van der Waals surface area contributed by atoms with Crippen molar-refractivity contribution in [3.05, 3.63) is 41.7 Å². The maximum Gasteiger partial charge on any atom is 0.172 e. The Morgan fingerprint density at radius 2 is 2.21 bits per heavy atom. The summed E-state index contributed by atoms with van der Waals surface area (Å²) in [6.45, 7) is 3.89. The first kappa shape index (κ1) is 13.2. The van der Waals surface area contributed by atoms with Gasteiger partial charge in [0.25, 0.3) is 0 Å². The molecule has 6 heteroatoms. The van der Waals surface area contributed by atoms with Crippen molar-refractivity contribution in [1.29, 1.82) is 0 Å². The number of carbonyl (C=O) groups is 1. The number of benzene rings is 1. The highest BCUT2D eigenvalue weighted by atomic mass is 19.1. The first-order chi connectivity index (χ1) is 8.99. The van der Waals surface area contributed by atoms with Gasteiger partial charge in [0.2, 0.25) is 0 Å². The van der Waals surface area contributed by atoms with Crippen LogP contribution in [0, 0.1) is 5.82 Å². The fraction of sp³-hybridized carbons (Fsp3) is 0.308. The number of rotatable bonds is 4. The number of nitrogen functional groups attached to an aromatic ring is 1. The minimum absolute atomic E-state index is 0.0475. The van der Waals surface area contributed by atoms with E-state index >= 15 is 0 Å². The lowest BCUT2D eigenvalue weighted by atomic mass is 10.1. The van der Waals surface area contributed by atoms with Crippen molar-refractivity contribution < 1.29 is 9.18 Å². The highest BCUT2D eigenvalue weighted by Gasteiger charge is 2.16. The lowest BCUT2D eigenvalue weighted by Gasteiger charge is -2.09. The van der Waals surface area contributed by atoms with Crippen LogP contribution in [0.25, 0.3) is 0 Å². The van der Waals surface area contributed by atoms with Gasteiger partial charge in [0.1, 0.15) is 18.0 Å². The molecule has 19 heavy (non-hydrogen) atoms. The number of aromatic nitrogens is 3. The van der Waals surface area contributed by atoms with Gasteiger partial charge in [-0.1, -0.05) is 0 Å². The van der Waals surface area contributed by atoms with Crippen molar-refractivity contribution in [3.8, 4) is 0 Å². The quantitative estimate of drug-likeness (QED) is 0.675. The topological polar surface area (TPSA) is 73.8 Å². The number of hydrogen-bond acceptors (Lipinski definition) is 4. The van der Waals surface area contributed by atoms with Crippen LogP contribution in [0.3, 0.4) is 0 Å². The van der Waals surface area contributed by atoms with Crippen LogP contribution in [-0.4, -0.2) is 20.5 Å². The third-order valence-electron chi connectivity index (χ3n) is 2.77. The van der Waals surface area contributed by atoms with Gasteiger partial charge in [0, 0.05) is 17.3 Å². The van der Waals surface area contributed by atoms with Crippen molar-refractivity contribution >= 4 is 11.5 Å². The zero-order valence-electron chi connectivity index (χ0n) is 10.8. The van der Waals surface area contributed by atoms with E-state index in [2.05, 4.69) is 10.1 Å². The van der Waals surface area contributed by atoms with Gasteiger partial charge in [-0.3, -0.25) is 4.79 Å². The van der Waals surface area contributed by atoms with Crippen molar-refractivity contribution in [2.24, 2.45) is 0 Å². The average Bonchev–Trinajstić information content (AvgIpc) is 2.80. The Balaban J connectivity index is 2.26. The summed E-state index contributed by atoms with van der Waals surface area (Å²) in [5.74, 6) is -0.210. The van der Waals surface area contributed by atoms with Crippen LogP contribution < -0.4 is 5.73 Å². The van der Waals surface area contributed by atoms with E-state index in [1.807, 2.05) is 13.8 Å². The minimum Gasteiger partial charge on any atom is -0.398 e. The van der Waals surface area contributed by atoms with Crippen LogP contribution in [0.15, 0.2) is 24.5 Å². The van der Waals surface area contributed by atoms with Gasteiger partial charge in [-0.05, 0) is 32.0 Å². The van der Waals surface area contributed by atoms with Gasteiger partial charge < -0.3 is 5.73 Å². The number of anilines is 1. The van der Waals surface area contributed by atoms with Crippen molar-refractivity contribution in [2.75, 3.05) is 5.73 Å². The molecule has 0 aliphatic heterocycles. The molecule has 0 fully saturated rings. The van der Waals surface area contributed by atoms with Gasteiger partial charge in [-0.25, -0.2) is 14.1 Å². The molecule has 1 aromatic heterocycles. The van der Waals surface area contributed by atoms with Gasteiger partial charge in [-0.15, -0.1) is 0 Å². The SMILES string of the molecule is CC(C)n1ncnc1CC(=O)c1cc(F)ccc1N. The summed E-state index contributed by atoms with van der Waals surface area (Å²) in [7, 11) is 0. The molecule has 2 aromatic rings. The number of nitrogens with zero attached hydrogens (tertiary/aromatic N) is 3. The fourth-order valence-electron chi connectivity index (χ4n) is 1.84. The van der Waals surface area contributed by atoms with Crippen LogP contribution in [0.4, 0.5) is 10.1 Å². The number of Topliss-reactive ketones (excluding diaryl/α,β-unsaturated/α-hetero) is 1. The molecule has 1 heterocycles. The summed E-state index contributed by atoms with van der Waals surface area (Å²) in [5, 5.41) is 4.05. The van der Waals surface area contributed by atoms with Crippen LogP contribution in [-0.2, 0) is 6.42 Å². The summed E-state index contributed by atoms with van der Waals surface area (Å²) >= 11 is 0. The minimum atomic E-state index is -0.483. The lowest BCUT2D eigenvalue weighted by Crippen LogP contribution is -2.14. The zero-order valence-corrected chi connectivity index (χ0v) is 10.8. The van der Waals surface area contributed by atoms with Crippen LogP contribution >= 0.6 is 0 Å². The lowest BCUT2D eigenvalue weighted by molar-refractivity contribution is 0.0989. The third-order valence-corrected chi connectivity index (χ3v) is 2.77. The average molecular weight is 262 g/mol. The Kier molecular flexibility index (Phi) is 3.59. The molecule has 0 bridgehead atoms. The van der Waals surface area contributed by atoms with Gasteiger partial charge in [-0.2, -0.15) is 5.10 Å². The molecule has 0 spiro atoms. The van der Waals surface area contributed by atoms with Crippen molar-refractivity contribution in [3.63, 3.8) is 0 Å². The standard InChI is InChI=1S/C13H15FN4O/c1-8(2)18-13(16-7-17-18)6-12(19)10-5-9(14)3-4-11(10)15/h3-5,7-8H,6,15H2,1-2H3. The van der Waals surface area contributed by atoms with E-state index in [1.165, 1.54) is 18.5 Å². The molecule has 0 saturated heterocycles. The van der Waals surface area contributed by atoms with E-state index < -0.39 is 5.82 Å². The highest BCUT2D eigenvalue weighted by Crippen LogP contribution is 2.16. The molecule has 0 atom stereocenters. The summed E-state index contributed by atoms with van der Waals surface area (Å²) in [5.41, 5.74) is 6.13. The third kappa shape index (κ3) is 2.78. The molecular formula is C13H15FN4O. The van der Waals surface area contributed by atoms with E-state index in [0.717, 1.165) is 6.07 Å². The number of carbonyl (C=O) groups excluding carboxylic acids is 1. The molecule has 5 nitrogen and oxygen atoms in total. The molecule has 2 rings (SSSR count). The molecule has 2 N–H and O–H groups in total. The van der Waals surface area contributed by atoms with E-state index in [4.69, 9.17) is 5.73 Å². The molecule has 0 aliphatic carbocycles. The smallest absolute Gasteiger partial charge is 0.172 e. The molecule has 0 aliphatic rings. The molecule has 0 saturated carbocycles. The Morgan fingerprint density at radius 1 is 1.47 bits per heavy atom. The summed E-state index contributed by atoms with van der Waals surface area (Å²) in [6.07, 6.45) is 1.45. The normalized spacial score (nSPS) is 10.9. The first-order valence-corrected chi connectivity index (χ1v) is 5.95. The Morgan fingerprint density at radius 3 is 2.89 bits per heavy atom. The van der Waals surface area contributed by atoms with E-state index in [-0.39, 0.29) is 29.5 Å².